The van der Waals surface area contributed by atoms with Crippen LogP contribution in [0.5, 0.6) is 0 Å². The van der Waals surface area contributed by atoms with Gasteiger partial charge in [-0.3, -0.25) is 0 Å². The van der Waals surface area contributed by atoms with Gasteiger partial charge in [0.25, 0.3) is 0 Å². The van der Waals surface area contributed by atoms with Crippen molar-refractivity contribution in [3.8, 4) is 11.3 Å². The summed E-state index contributed by atoms with van der Waals surface area (Å²) in [5, 5.41) is 6.63. The number of benzene rings is 4. The van der Waals surface area contributed by atoms with Crippen molar-refractivity contribution >= 4 is 17.2 Å². The van der Waals surface area contributed by atoms with Gasteiger partial charge in [0.1, 0.15) is 5.84 Å². The second kappa shape index (κ2) is 12.6. The first-order chi connectivity index (χ1) is 17.4. The van der Waals surface area contributed by atoms with Gasteiger partial charge in [0.2, 0.25) is 0 Å². The Hall–Kier alpha value is -4.05. The zero-order valence-corrected chi connectivity index (χ0v) is 21.8. The molecule has 1 aliphatic heterocycles. The Kier molecular flexibility index (Phi) is 8.76. The van der Waals surface area contributed by atoms with Gasteiger partial charge in [-0.15, -0.1) is 48.6 Å². The molecule has 4 aromatic carbocycles. The molecule has 0 bridgehead atoms. The van der Waals surface area contributed by atoms with Crippen molar-refractivity contribution in [2.45, 2.75) is 0 Å². The van der Waals surface area contributed by atoms with Crippen molar-refractivity contribution in [2.75, 3.05) is 9.91 Å². The predicted molar refractivity (Wildman–Crippen MR) is 142 cm³/mol. The van der Waals surface area contributed by atoms with Crippen molar-refractivity contribution in [1.82, 2.24) is 4.98 Å². The first kappa shape index (κ1) is 25.1. The largest absolute Gasteiger partial charge is 3.00 e. The Balaban J connectivity index is 0.000000198. The SMILES string of the molecule is [Ir+3].[c-]1ccccc1-c1ccccn1.[c-]1ccccc1N1[CH-]N(c2ccccc2)C(c2ccccc2)=N1. The molecule has 1 aromatic heterocycles. The number of hydrogen-bond acceptors (Lipinski definition) is 4. The molecule has 176 valence electrons. The fraction of sp³-hybridized carbons (Fsp3) is 0. The molecule has 5 heteroatoms. The Morgan fingerprint density at radius 2 is 1.31 bits per heavy atom. The zero-order valence-electron chi connectivity index (χ0n) is 19.4. The van der Waals surface area contributed by atoms with Crippen LogP contribution >= 0.6 is 0 Å². The summed E-state index contributed by atoms with van der Waals surface area (Å²) in [6, 6.07) is 48.3. The summed E-state index contributed by atoms with van der Waals surface area (Å²) in [6.07, 6.45) is 1.79. The van der Waals surface area contributed by atoms with Gasteiger partial charge in [-0.2, -0.15) is 29.4 Å². The molecule has 1 aliphatic rings. The fourth-order valence-corrected chi connectivity index (χ4v) is 3.62. The average Bonchev–Trinajstić information content (AvgIpc) is 3.42. The summed E-state index contributed by atoms with van der Waals surface area (Å²) in [4.78, 5) is 6.31. The van der Waals surface area contributed by atoms with Gasteiger partial charge < -0.3 is 14.9 Å². The van der Waals surface area contributed by atoms with Crippen LogP contribution in [0.4, 0.5) is 11.4 Å². The summed E-state index contributed by atoms with van der Waals surface area (Å²) in [5.74, 6) is 0.897. The third-order valence-corrected chi connectivity index (χ3v) is 5.31. The summed E-state index contributed by atoms with van der Waals surface area (Å²) in [5.41, 5.74) is 5.08. The summed E-state index contributed by atoms with van der Waals surface area (Å²) >= 11 is 0. The molecule has 0 amide bonds. The van der Waals surface area contributed by atoms with Crippen LogP contribution in [0.3, 0.4) is 0 Å². The predicted octanol–water partition coefficient (Wildman–Crippen LogP) is 6.84. The smallest absolute Gasteiger partial charge is 0.456 e. The molecule has 0 unspecified atom stereocenters. The van der Waals surface area contributed by atoms with E-state index in [9.17, 15) is 0 Å². The Morgan fingerprint density at radius 1 is 0.639 bits per heavy atom. The molecule has 0 saturated heterocycles. The van der Waals surface area contributed by atoms with E-state index in [0.717, 1.165) is 34.0 Å². The molecule has 0 saturated carbocycles. The van der Waals surface area contributed by atoms with Crippen LogP contribution in [0.25, 0.3) is 11.3 Å². The molecule has 36 heavy (non-hydrogen) atoms. The molecule has 2 heterocycles. The molecule has 0 fully saturated rings. The Bertz CT molecular complexity index is 1310. The van der Waals surface area contributed by atoms with Crippen molar-refractivity contribution in [1.29, 1.82) is 0 Å². The second-order valence-corrected chi connectivity index (χ2v) is 7.69. The Labute approximate surface area is 225 Å². The number of nitrogens with zero attached hydrogens (tertiary/aromatic N) is 4. The molecule has 0 atom stereocenters. The van der Waals surface area contributed by atoms with Gasteiger partial charge >= 0.3 is 20.1 Å². The van der Waals surface area contributed by atoms with Crippen LogP contribution in [0.2, 0.25) is 0 Å². The monoisotopic (exact) mass is 644 g/mol. The van der Waals surface area contributed by atoms with E-state index in [-0.39, 0.29) is 20.1 Å². The number of anilines is 2. The van der Waals surface area contributed by atoms with Crippen molar-refractivity contribution in [3.05, 3.63) is 158 Å². The van der Waals surface area contributed by atoms with Crippen LogP contribution in [0, 0.1) is 18.8 Å². The van der Waals surface area contributed by atoms with Gasteiger partial charge in [-0.1, -0.05) is 66.4 Å². The van der Waals surface area contributed by atoms with Crippen molar-refractivity contribution in [2.24, 2.45) is 5.10 Å². The summed E-state index contributed by atoms with van der Waals surface area (Å²) in [7, 11) is 0. The van der Waals surface area contributed by atoms with Crippen LogP contribution < -0.4 is 9.91 Å². The van der Waals surface area contributed by atoms with Crippen LogP contribution in [0.15, 0.2) is 139 Å². The van der Waals surface area contributed by atoms with E-state index in [4.69, 9.17) is 5.10 Å². The molecule has 0 aliphatic carbocycles. The molecule has 5 aromatic rings. The minimum absolute atomic E-state index is 0. The number of hydrazone groups is 1. The van der Waals surface area contributed by atoms with E-state index in [1.807, 2.05) is 115 Å². The van der Waals surface area contributed by atoms with E-state index in [1.54, 1.807) is 6.20 Å². The van der Waals surface area contributed by atoms with Crippen molar-refractivity contribution in [3.63, 3.8) is 0 Å². The number of amidine groups is 1. The first-order valence-corrected chi connectivity index (χ1v) is 11.4. The molecule has 0 N–H and O–H groups in total. The van der Waals surface area contributed by atoms with E-state index >= 15 is 0 Å². The number of pyridine rings is 1. The minimum atomic E-state index is 0. The van der Waals surface area contributed by atoms with Crippen LogP contribution in [0.1, 0.15) is 5.56 Å². The third kappa shape index (κ3) is 6.14. The van der Waals surface area contributed by atoms with E-state index < -0.39 is 0 Å². The molecular formula is C31H23IrN4. The van der Waals surface area contributed by atoms with Crippen LogP contribution in [-0.2, 0) is 20.1 Å². The minimum Gasteiger partial charge on any atom is -0.456 e. The zero-order chi connectivity index (χ0) is 23.7. The van der Waals surface area contributed by atoms with Gasteiger partial charge in [0.15, 0.2) is 0 Å². The van der Waals surface area contributed by atoms with Crippen LogP contribution in [-0.4, -0.2) is 10.8 Å². The molecule has 0 radical (unpaired) electrons. The van der Waals surface area contributed by atoms with E-state index in [1.165, 1.54) is 0 Å². The maximum absolute atomic E-state index is 4.78. The molecule has 6 rings (SSSR count). The molecule has 0 spiro atoms. The van der Waals surface area contributed by atoms with Crippen molar-refractivity contribution < 1.29 is 20.1 Å². The number of para-hydroxylation sites is 2. The maximum Gasteiger partial charge on any atom is 3.00 e. The standard InChI is InChI=1S/C20H15N3.C11H8N.Ir/c1-4-10-17(11-5-1)20-21-23(19-14-8-3-9-15-19)16-22(20)18-12-6-2-7-13-18;1-2-6-10(7-3-1)11-8-4-5-9-12-11;/h1-14,16H;1-6,8-9H;/q-2;-1;+3. The first-order valence-electron chi connectivity index (χ1n) is 11.4. The maximum atomic E-state index is 4.78. The summed E-state index contributed by atoms with van der Waals surface area (Å²) < 4.78 is 0. The third-order valence-electron chi connectivity index (χ3n) is 5.31. The van der Waals surface area contributed by atoms with E-state index in [2.05, 4.69) is 46.3 Å². The van der Waals surface area contributed by atoms with E-state index in [0.29, 0.717) is 0 Å². The topological polar surface area (TPSA) is 31.7 Å². The van der Waals surface area contributed by atoms with Gasteiger partial charge in [-0.05, 0) is 23.9 Å². The number of rotatable bonds is 4. The average molecular weight is 644 g/mol. The Morgan fingerprint density at radius 3 is 1.94 bits per heavy atom. The number of aromatic nitrogens is 1. The summed E-state index contributed by atoms with van der Waals surface area (Å²) in [6.45, 7) is 1.99. The normalized spacial score (nSPS) is 12.2. The number of hydrogen-bond donors (Lipinski definition) is 0. The van der Waals surface area contributed by atoms with Gasteiger partial charge in [-0.25, -0.2) is 0 Å². The quantitative estimate of drug-likeness (QED) is 0.201. The molecular weight excluding hydrogens is 621 g/mol. The fourth-order valence-electron chi connectivity index (χ4n) is 3.62. The van der Waals surface area contributed by atoms with Gasteiger partial charge in [0.05, 0.1) is 0 Å². The van der Waals surface area contributed by atoms with Gasteiger partial charge in [0, 0.05) is 17.4 Å². The second-order valence-electron chi connectivity index (χ2n) is 7.69. The molecule has 4 nitrogen and oxygen atoms in total.